The molecule has 0 aliphatic carbocycles. The van der Waals surface area contributed by atoms with Crippen molar-refractivity contribution in [3.63, 3.8) is 0 Å². The predicted molar refractivity (Wildman–Crippen MR) is 73.5 cm³/mol. The lowest BCUT2D eigenvalue weighted by molar-refractivity contribution is -0.385. The van der Waals surface area contributed by atoms with E-state index in [2.05, 4.69) is 27.3 Å². The summed E-state index contributed by atoms with van der Waals surface area (Å²) < 4.78 is 0.718. The number of hydrogen-bond acceptors (Lipinski definition) is 3. The minimum atomic E-state index is -0.371. The van der Waals surface area contributed by atoms with Gasteiger partial charge in [0.1, 0.15) is 0 Å². The second kappa shape index (κ2) is 6.39. The fraction of sp³-hybridized carbons (Fsp3) is 0.333. The van der Waals surface area contributed by atoms with E-state index in [4.69, 9.17) is 0 Å². The number of nitrogens with zero attached hydrogens (tertiary/aromatic N) is 1. The van der Waals surface area contributed by atoms with E-state index in [0.29, 0.717) is 5.56 Å². The number of nitro groups is 1. The Labute approximate surface area is 109 Å². The minimum absolute atomic E-state index is 0.135. The summed E-state index contributed by atoms with van der Waals surface area (Å²) in [6, 6.07) is 3.32. The largest absolute Gasteiger partial charge is 0.384 e. The molecule has 0 unspecified atom stereocenters. The molecule has 0 saturated carbocycles. The summed E-state index contributed by atoms with van der Waals surface area (Å²) in [7, 11) is 0. The normalized spacial score (nSPS) is 10.8. The van der Waals surface area contributed by atoms with Gasteiger partial charge in [0.25, 0.3) is 5.69 Å². The van der Waals surface area contributed by atoms with Gasteiger partial charge in [-0.05, 0) is 42.3 Å². The molecule has 1 rings (SSSR count). The molecule has 17 heavy (non-hydrogen) atoms. The summed E-state index contributed by atoms with van der Waals surface area (Å²) in [5.74, 6) is 0. The molecule has 0 amide bonds. The number of nitrogens with one attached hydrogen (secondary N) is 1. The van der Waals surface area contributed by atoms with Crippen molar-refractivity contribution in [3.8, 4) is 0 Å². The fourth-order valence-electron chi connectivity index (χ4n) is 1.46. The first kappa shape index (κ1) is 13.7. The third-order valence-corrected chi connectivity index (χ3v) is 3.00. The third-order valence-electron chi connectivity index (χ3n) is 2.34. The molecule has 0 fully saturated rings. The van der Waals surface area contributed by atoms with E-state index in [1.54, 1.807) is 13.0 Å². The second-order valence-corrected chi connectivity index (χ2v) is 4.51. The van der Waals surface area contributed by atoms with Crippen LogP contribution in [0.1, 0.15) is 18.9 Å². The summed E-state index contributed by atoms with van der Waals surface area (Å²) in [4.78, 5) is 10.4. The maximum atomic E-state index is 10.7. The van der Waals surface area contributed by atoms with Crippen LogP contribution in [0, 0.1) is 17.0 Å². The molecule has 4 nitrogen and oxygen atoms in total. The van der Waals surface area contributed by atoms with E-state index < -0.39 is 0 Å². The Morgan fingerprint density at radius 2 is 2.24 bits per heavy atom. The number of allylic oxidation sites excluding steroid dienone is 1. The van der Waals surface area contributed by atoms with Crippen LogP contribution in [0.5, 0.6) is 0 Å². The van der Waals surface area contributed by atoms with E-state index in [9.17, 15) is 10.1 Å². The zero-order chi connectivity index (χ0) is 12.8. The number of aryl methyl sites for hydroxylation is 1. The van der Waals surface area contributed by atoms with Gasteiger partial charge in [0.15, 0.2) is 0 Å². The molecule has 1 N–H and O–H groups in total. The summed E-state index contributed by atoms with van der Waals surface area (Å²) in [6.45, 7) is 4.52. The van der Waals surface area contributed by atoms with Gasteiger partial charge < -0.3 is 5.32 Å². The number of benzene rings is 1. The number of anilines is 1. The number of hydrogen-bond donors (Lipinski definition) is 1. The molecule has 0 atom stereocenters. The standard InChI is InChI=1S/C12H15BrN2O2/c1-3-4-5-6-14-11-7-9(2)12(15(16)17)8-10(11)13/h3-4,7-8,14H,5-6H2,1-2H3/b4-3+. The van der Waals surface area contributed by atoms with Crippen LogP contribution in [0.4, 0.5) is 11.4 Å². The van der Waals surface area contributed by atoms with Crippen LogP contribution in [0.25, 0.3) is 0 Å². The highest BCUT2D eigenvalue weighted by atomic mass is 79.9. The number of rotatable bonds is 5. The van der Waals surface area contributed by atoms with Crippen molar-refractivity contribution in [2.24, 2.45) is 0 Å². The summed E-state index contributed by atoms with van der Waals surface area (Å²) in [5.41, 5.74) is 1.68. The van der Waals surface area contributed by atoms with Gasteiger partial charge in [-0.3, -0.25) is 10.1 Å². The van der Waals surface area contributed by atoms with Gasteiger partial charge in [0.05, 0.1) is 4.92 Å². The SMILES string of the molecule is C/C=C/CCNc1cc(C)c([N+](=O)[O-])cc1Br. The van der Waals surface area contributed by atoms with E-state index in [1.165, 1.54) is 6.07 Å². The van der Waals surface area contributed by atoms with Crippen LogP contribution in [-0.2, 0) is 0 Å². The Balaban J connectivity index is 2.81. The smallest absolute Gasteiger partial charge is 0.273 e. The Morgan fingerprint density at radius 3 is 2.82 bits per heavy atom. The highest BCUT2D eigenvalue weighted by Gasteiger charge is 2.13. The molecular formula is C12H15BrN2O2. The lowest BCUT2D eigenvalue weighted by Crippen LogP contribution is -2.02. The molecule has 0 spiro atoms. The van der Waals surface area contributed by atoms with Gasteiger partial charge in [0, 0.05) is 28.3 Å². The highest BCUT2D eigenvalue weighted by molar-refractivity contribution is 9.10. The zero-order valence-electron chi connectivity index (χ0n) is 9.87. The van der Waals surface area contributed by atoms with Gasteiger partial charge in [-0.15, -0.1) is 0 Å². The predicted octanol–water partition coefficient (Wildman–Crippen LogP) is 4.04. The fourth-order valence-corrected chi connectivity index (χ4v) is 1.93. The Kier molecular flexibility index (Phi) is 5.15. The topological polar surface area (TPSA) is 55.2 Å². The van der Waals surface area contributed by atoms with Crippen LogP contribution in [0.3, 0.4) is 0 Å². The Morgan fingerprint density at radius 1 is 1.53 bits per heavy atom. The summed E-state index contributed by atoms with van der Waals surface area (Å²) >= 11 is 3.33. The van der Waals surface area contributed by atoms with E-state index in [1.807, 2.05) is 13.0 Å². The Hall–Kier alpha value is -1.36. The van der Waals surface area contributed by atoms with Crippen molar-refractivity contribution in [2.45, 2.75) is 20.3 Å². The molecule has 1 aromatic rings. The molecule has 0 saturated heterocycles. The molecule has 5 heteroatoms. The highest BCUT2D eigenvalue weighted by Crippen LogP contribution is 2.30. The van der Waals surface area contributed by atoms with Crippen LogP contribution in [0.15, 0.2) is 28.8 Å². The molecule has 0 radical (unpaired) electrons. The second-order valence-electron chi connectivity index (χ2n) is 3.66. The Bertz CT molecular complexity index is 444. The number of nitro benzene ring substituents is 1. The average molecular weight is 299 g/mol. The van der Waals surface area contributed by atoms with Gasteiger partial charge in [-0.1, -0.05) is 12.2 Å². The monoisotopic (exact) mass is 298 g/mol. The molecule has 0 aliphatic rings. The minimum Gasteiger partial charge on any atom is -0.384 e. The van der Waals surface area contributed by atoms with E-state index in [0.717, 1.165) is 23.1 Å². The summed E-state index contributed by atoms with van der Waals surface area (Å²) in [5, 5.41) is 14.0. The van der Waals surface area contributed by atoms with E-state index >= 15 is 0 Å². The lowest BCUT2D eigenvalue weighted by atomic mass is 10.2. The lowest BCUT2D eigenvalue weighted by Gasteiger charge is -2.08. The van der Waals surface area contributed by atoms with Crippen LogP contribution in [0.2, 0.25) is 0 Å². The number of halogens is 1. The quantitative estimate of drug-likeness (QED) is 0.386. The molecule has 0 aromatic heterocycles. The van der Waals surface area contributed by atoms with Crippen LogP contribution < -0.4 is 5.32 Å². The van der Waals surface area contributed by atoms with E-state index in [-0.39, 0.29) is 10.6 Å². The molecule has 0 bridgehead atoms. The van der Waals surface area contributed by atoms with Crippen molar-refractivity contribution in [2.75, 3.05) is 11.9 Å². The van der Waals surface area contributed by atoms with Crippen molar-refractivity contribution in [1.29, 1.82) is 0 Å². The van der Waals surface area contributed by atoms with Crippen molar-refractivity contribution >= 4 is 27.3 Å². The van der Waals surface area contributed by atoms with Crippen molar-refractivity contribution < 1.29 is 4.92 Å². The average Bonchev–Trinajstić information content (AvgIpc) is 2.28. The molecule has 0 heterocycles. The van der Waals surface area contributed by atoms with Crippen molar-refractivity contribution in [3.05, 3.63) is 44.4 Å². The first-order valence-electron chi connectivity index (χ1n) is 5.35. The molecule has 0 aliphatic heterocycles. The maximum absolute atomic E-state index is 10.7. The van der Waals surface area contributed by atoms with Gasteiger partial charge >= 0.3 is 0 Å². The van der Waals surface area contributed by atoms with Crippen molar-refractivity contribution in [1.82, 2.24) is 0 Å². The first-order chi connectivity index (χ1) is 8.06. The maximum Gasteiger partial charge on any atom is 0.273 e. The zero-order valence-corrected chi connectivity index (χ0v) is 11.5. The molecule has 92 valence electrons. The molecule has 1 aromatic carbocycles. The molecular weight excluding hydrogens is 284 g/mol. The van der Waals surface area contributed by atoms with Gasteiger partial charge in [0.2, 0.25) is 0 Å². The third kappa shape index (κ3) is 3.85. The van der Waals surface area contributed by atoms with Gasteiger partial charge in [-0.2, -0.15) is 0 Å². The summed E-state index contributed by atoms with van der Waals surface area (Å²) in [6.07, 6.45) is 5.00. The van der Waals surface area contributed by atoms with Gasteiger partial charge in [-0.25, -0.2) is 0 Å². The van der Waals surface area contributed by atoms with Crippen LogP contribution in [-0.4, -0.2) is 11.5 Å². The van der Waals surface area contributed by atoms with Crippen LogP contribution >= 0.6 is 15.9 Å². The first-order valence-corrected chi connectivity index (χ1v) is 6.15.